The Kier molecular flexibility index (Phi) is 7.17. The highest BCUT2D eigenvalue weighted by Gasteiger charge is 2.23. The second-order valence-electron chi connectivity index (χ2n) is 9.43. The first kappa shape index (κ1) is 23.7. The van der Waals surface area contributed by atoms with Crippen LogP contribution in [0.5, 0.6) is 11.5 Å². The van der Waals surface area contributed by atoms with Crippen molar-refractivity contribution in [1.82, 2.24) is 24.4 Å². The molecule has 0 bridgehead atoms. The van der Waals surface area contributed by atoms with Gasteiger partial charge in [0.2, 0.25) is 0 Å². The highest BCUT2D eigenvalue weighted by atomic mass is 79.9. The van der Waals surface area contributed by atoms with Gasteiger partial charge in [-0.1, -0.05) is 25.6 Å². The molecule has 0 amide bonds. The van der Waals surface area contributed by atoms with Crippen LogP contribution in [0.1, 0.15) is 33.1 Å². The highest BCUT2D eigenvalue weighted by Crippen LogP contribution is 2.42. The molecule has 2 aliphatic rings. The standard InChI is InChI=1S/C24H31BrN6O2S/c1-15(2)13-30-6-3-16(4-7-30)5-8-31-23-21(22(26)27-14-28-23)29-24(31)34-20-12-19-18(11-17(20)25)32-9-10-33-19/h11-12,14-16H,3-10,13H2,1-2H3,(H2,26,27,28). The molecule has 1 fully saturated rings. The fourth-order valence-electron chi connectivity index (χ4n) is 4.72. The van der Waals surface area contributed by atoms with Crippen LogP contribution in [0.2, 0.25) is 0 Å². The normalized spacial score (nSPS) is 17.1. The van der Waals surface area contributed by atoms with Gasteiger partial charge in [0.15, 0.2) is 33.6 Å². The summed E-state index contributed by atoms with van der Waals surface area (Å²) in [5.74, 6) is 3.35. The maximum atomic E-state index is 6.16. The summed E-state index contributed by atoms with van der Waals surface area (Å²) in [6.45, 7) is 10.1. The first-order valence-electron chi connectivity index (χ1n) is 11.9. The van der Waals surface area contributed by atoms with Gasteiger partial charge in [-0.2, -0.15) is 0 Å². The molecule has 2 N–H and O–H groups in total. The van der Waals surface area contributed by atoms with Crippen molar-refractivity contribution in [3.8, 4) is 11.5 Å². The topological polar surface area (TPSA) is 91.3 Å². The van der Waals surface area contributed by atoms with Gasteiger partial charge in [-0.15, -0.1) is 0 Å². The fraction of sp³-hybridized carbons (Fsp3) is 0.542. The number of aromatic nitrogens is 4. The summed E-state index contributed by atoms with van der Waals surface area (Å²) in [6, 6.07) is 3.97. The number of aryl methyl sites for hydroxylation is 1. The largest absolute Gasteiger partial charge is 0.486 e. The smallest absolute Gasteiger partial charge is 0.175 e. The summed E-state index contributed by atoms with van der Waals surface area (Å²) in [6.07, 6.45) is 5.11. The molecule has 2 aromatic heterocycles. The number of nitrogens with zero attached hydrogens (tertiary/aromatic N) is 5. The minimum absolute atomic E-state index is 0.411. The van der Waals surface area contributed by atoms with E-state index in [2.05, 4.69) is 49.2 Å². The zero-order valence-corrected chi connectivity index (χ0v) is 22.1. The Morgan fingerprint density at radius 2 is 1.88 bits per heavy atom. The Bertz CT molecular complexity index is 1160. The minimum atomic E-state index is 0.411. The number of imidazole rings is 1. The molecule has 8 nitrogen and oxygen atoms in total. The fourth-order valence-corrected chi connectivity index (χ4v) is 6.23. The monoisotopic (exact) mass is 546 g/mol. The average molecular weight is 548 g/mol. The van der Waals surface area contributed by atoms with Gasteiger partial charge in [0.05, 0.1) is 0 Å². The van der Waals surface area contributed by atoms with Crippen molar-refractivity contribution < 1.29 is 9.47 Å². The first-order valence-corrected chi connectivity index (χ1v) is 13.5. The molecule has 1 aromatic carbocycles. The zero-order valence-electron chi connectivity index (χ0n) is 19.7. The van der Waals surface area contributed by atoms with E-state index in [-0.39, 0.29) is 0 Å². The van der Waals surface area contributed by atoms with Crippen LogP contribution >= 0.6 is 27.7 Å². The van der Waals surface area contributed by atoms with Gasteiger partial charge in [-0.05, 0) is 72.3 Å². The summed E-state index contributed by atoms with van der Waals surface area (Å²) in [5.41, 5.74) is 7.61. The quantitative estimate of drug-likeness (QED) is 0.449. The number of rotatable bonds is 7. The lowest BCUT2D eigenvalue weighted by molar-refractivity contribution is 0.160. The molecule has 0 saturated carbocycles. The molecule has 34 heavy (non-hydrogen) atoms. The van der Waals surface area contributed by atoms with Crippen molar-refractivity contribution in [2.75, 3.05) is 38.6 Å². The minimum Gasteiger partial charge on any atom is -0.486 e. The number of piperidine rings is 1. The van der Waals surface area contributed by atoms with Crippen LogP contribution in [0, 0.1) is 11.8 Å². The van der Waals surface area contributed by atoms with Crippen LogP contribution in [0.25, 0.3) is 11.2 Å². The molecular formula is C24H31BrN6O2S. The molecule has 10 heteroatoms. The van der Waals surface area contributed by atoms with E-state index < -0.39 is 0 Å². The van der Waals surface area contributed by atoms with Crippen LogP contribution in [0.3, 0.4) is 0 Å². The number of ether oxygens (including phenoxy) is 2. The summed E-state index contributed by atoms with van der Waals surface area (Å²) in [4.78, 5) is 17.1. The molecular weight excluding hydrogens is 516 g/mol. The van der Waals surface area contributed by atoms with Gasteiger partial charge in [0, 0.05) is 22.5 Å². The van der Waals surface area contributed by atoms with Crippen molar-refractivity contribution in [3.63, 3.8) is 0 Å². The molecule has 0 unspecified atom stereocenters. The molecule has 0 aliphatic carbocycles. The van der Waals surface area contributed by atoms with Crippen molar-refractivity contribution >= 4 is 44.7 Å². The van der Waals surface area contributed by atoms with Crippen LogP contribution in [-0.2, 0) is 6.54 Å². The van der Waals surface area contributed by atoms with E-state index in [1.807, 2.05) is 12.1 Å². The Balaban J connectivity index is 1.36. The molecule has 0 spiro atoms. The molecule has 0 radical (unpaired) electrons. The van der Waals surface area contributed by atoms with E-state index in [4.69, 9.17) is 20.2 Å². The number of benzene rings is 1. The number of hydrogen-bond donors (Lipinski definition) is 1. The van der Waals surface area contributed by atoms with Gasteiger partial charge >= 0.3 is 0 Å². The van der Waals surface area contributed by atoms with E-state index in [1.165, 1.54) is 38.8 Å². The Morgan fingerprint density at radius 3 is 2.62 bits per heavy atom. The first-order chi connectivity index (χ1) is 16.5. The predicted molar refractivity (Wildman–Crippen MR) is 138 cm³/mol. The van der Waals surface area contributed by atoms with Crippen molar-refractivity contribution in [3.05, 3.63) is 22.9 Å². The van der Waals surface area contributed by atoms with Gasteiger partial charge in [0.1, 0.15) is 19.5 Å². The molecule has 182 valence electrons. The van der Waals surface area contributed by atoms with Crippen molar-refractivity contribution in [2.24, 2.45) is 11.8 Å². The number of fused-ring (bicyclic) bond motifs is 2. The lowest BCUT2D eigenvalue weighted by Gasteiger charge is -2.33. The third-order valence-electron chi connectivity index (χ3n) is 6.41. The second-order valence-corrected chi connectivity index (χ2v) is 11.3. The third kappa shape index (κ3) is 5.13. The molecule has 0 atom stereocenters. The lowest BCUT2D eigenvalue weighted by atomic mass is 9.93. The maximum Gasteiger partial charge on any atom is 0.175 e. The van der Waals surface area contributed by atoms with E-state index in [0.29, 0.717) is 30.5 Å². The number of anilines is 1. The summed E-state index contributed by atoms with van der Waals surface area (Å²) < 4.78 is 14.6. The van der Waals surface area contributed by atoms with E-state index >= 15 is 0 Å². The van der Waals surface area contributed by atoms with E-state index in [0.717, 1.165) is 50.6 Å². The molecule has 5 rings (SSSR count). The zero-order chi connectivity index (χ0) is 23.7. The summed E-state index contributed by atoms with van der Waals surface area (Å²) >= 11 is 5.27. The Morgan fingerprint density at radius 1 is 1.15 bits per heavy atom. The van der Waals surface area contributed by atoms with Crippen LogP contribution in [-0.4, -0.2) is 57.3 Å². The average Bonchev–Trinajstić information content (AvgIpc) is 3.17. The Hall–Kier alpha value is -2.04. The second kappa shape index (κ2) is 10.3. The Labute approximate surface area is 212 Å². The maximum absolute atomic E-state index is 6.16. The van der Waals surface area contributed by atoms with Crippen LogP contribution in [0.4, 0.5) is 5.82 Å². The molecule has 1 saturated heterocycles. The molecule has 3 aromatic rings. The van der Waals surface area contributed by atoms with Gasteiger partial charge in [0.25, 0.3) is 0 Å². The number of nitrogens with two attached hydrogens (primary N) is 1. The number of halogens is 1. The van der Waals surface area contributed by atoms with Gasteiger partial charge in [-0.25, -0.2) is 15.0 Å². The number of hydrogen-bond acceptors (Lipinski definition) is 8. The van der Waals surface area contributed by atoms with E-state index in [9.17, 15) is 0 Å². The molecule has 2 aliphatic heterocycles. The van der Waals surface area contributed by atoms with Gasteiger partial charge in [-0.3, -0.25) is 0 Å². The van der Waals surface area contributed by atoms with Crippen LogP contribution < -0.4 is 15.2 Å². The SMILES string of the molecule is CC(C)CN1CCC(CCn2c(Sc3cc4c(cc3Br)OCCO4)nc3c(N)ncnc32)CC1. The summed E-state index contributed by atoms with van der Waals surface area (Å²) in [5, 5.41) is 0.858. The van der Waals surface area contributed by atoms with Gasteiger partial charge < -0.3 is 24.7 Å². The van der Waals surface area contributed by atoms with Crippen LogP contribution in [0.15, 0.2) is 33.0 Å². The lowest BCUT2D eigenvalue weighted by Crippen LogP contribution is -2.36. The third-order valence-corrected chi connectivity index (χ3v) is 8.39. The number of likely N-dealkylation sites (tertiary alicyclic amines) is 1. The van der Waals surface area contributed by atoms with Crippen molar-refractivity contribution in [1.29, 1.82) is 0 Å². The van der Waals surface area contributed by atoms with E-state index in [1.54, 1.807) is 11.8 Å². The van der Waals surface area contributed by atoms with Crippen molar-refractivity contribution in [2.45, 2.75) is 49.7 Å². The highest BCUT2D eigenvalue weighted by molar-refractivity contribution is 9.10. The molecule has 4 heterocycles. The number of nitrogen functional groups attached to an aromatic ring is 1. The summed E-state index contributed by atoms with van der Waals surface area (Å²) in [7, 11) is 0. The predicted octanol–water partition coefficient (Wildman–Crippen LogP) is 4.85.